The minimum absolute atomic E-state index is 0.0595. The number of aliphatic carboxylic acids is 1. The molecule has 1 aromatic carbocycles. The molecule has 8 nitrogen and oxygen atoms in total. The molecule has 1 aromatic heterocycles. The van der Waals surface area contributed by atoms with Crippen molar-refractivity contribution in [3.05, 3.63) is 47.4 Å². The fraction of sp³-hybridized carbons (Fsp3) is 0.381. The molecule has 0 spiro atoms. The van der Waals surface area contributed by atoms with Crippen molar-refractivity contribution in [3.8, 4) is 11.3 Å². The predicted octanol–water partition coefficient (Wildman–Crippen LogP) is 2.98. The molecular formula is C21H27BFN3O5S. The lowest BCUT2D eigenvalue weighted by molar-refractivity contribution is -0.138. The summed E-state index contributed by atoms with van der Waals surface area (Å²) in [5.41, 5.74) is 2.36. The van der Waals surface area contributed by atoms with Crippen LogP contribution in [-0.4, -0.2) is 49.9 Å². The first-order valence-corrected chi connectivity index (χ1v) is 12.0. The van der Waals surface area contributed by atoms with Crippen molar-refractivity contribution >= 4 is 36.1 Å². The summed E-state index contributed by atoms with van der Waals surface area (Å²) in [6.07, 6.45) is 5.28. The molecule has 2 rings (SSSR count). The van der Waals surface area contributed by atoms with Crippen molar-refractivity contribution in [2.75, 3.05) is 11.0 Å². The third-order valence-electron chi connectivity index (χ3n) is 4.59. The maximum Gasteiger partial charge on any atom is 0.305 e. The van der Waals surface area contributed by atoms with Crippen LogP contribution in [0.2, 0.25) is 0 Å². The third kappa shape index (κ3) is 7.72. The minimum atomic E-state index is -3.60. The molecule has 1 heterocycles. The summed E-state index contributed by atoms with van der Waals surface area (Å²) in [5.74, 6) is -1.45. The van der Waals surface area contributed by atoms with Crippen LogP contribution in [0.3, 0.4) is 0 Å². The number of carbonyl (C=O) groups is 1. The second-order valence-corrected chi connectivity index (χ2v) is 9.41. The van der Waals surface area contributed by atoms with E-state index in [4.69, 9.17) is 9.76 Å². The summed E-state index contributed by atoms with van der Waals surface area (Å²) in [6.45, 7) is 3.85. The van der Waals surface area contributed by atoms with Gasteiger partial charge in [0.25, 0.3) is 8.05 Å². The molecule has 2 aromatic rings. The van der Waals surface area contributed by atoms with Crippen molar-refractivity contribution < 1.29 is 27.4 Å². The molecular weight excluding hydrogens is 436 g/mol. The summed E-state index contributed by atoms with van der Waals surface area (Å²) in [4.78, 5) is 19.7. The first-order chi connectivity index (χ1) is 15.0. The molecule has 172 valence electrons. The van der Waals surface area contributed by atoms with Crippen LogP contribution < -0.4 is 4.72 Å². The SMILES string of the molecule is BO[C@H](CC/C=C/c1c(-c2ccc(F)cc2)nc(NS(C)(=O)=O)nc1C(C)C)CC(=O)O. The van der Waals surface area contributed by atoms with Crippen molar-refractivity contribution in [1.29, 1.82) is 0 Å². The van der Waals surface area contributed by atoms with Crippen LogP contribution in [0.4, 0.5) is 10.3 Å². The lowest BCUT2D eigenvalue weighted by Crippen LogP contribution is -2.16. The Morgan fingerprint density at radius 1 is 1.28 bits per heavy atom. The molecule has 0 aliphatic heterocycles. The van der Waals surface area contributed by atoms with Gasteiger partial charge < -0.3 is 9.76 Å². The minimum Gasteiger partial charge on any atom is -0.481 e. The molecule has 0 aliphatic rings. The van der Waals surface area contributed by atoms with Crippen LogP contribution >= 0.6 is 0 Å². The normalized spacial score (nSPS) is 12.9. The van der Waals surface area contributed by atoms with Gasteiger partial charge in [0.15, 0.2) is 0 Å². The van der Waals surface area contributed by atoms with Gasteiger partial charge in [0.05, 0.1) is 30.2 Å². The van der Waals surface area contributed by atoms with Gasteiger partial charge in [-0.25, -0.2) is 22.8 Å². The molecule has 32 heavy (non-hydrogen) atoms. The van der Waals surface area contributed by atoms with Gasteiger partial charge in [-0.1, -0.05) is 26.0 Å². The van der Waals surface area contributed by atoms with E-state index in [-0.39, 0.29) is 18.3 Å². The van der Waals surface area contributed by atoms with Crippen LogP contribution in [0.5, 0.6) is 0 Å². The van der Waals surface area contributed by atoms with Crippen LogP contribution in [0.25, 0.3) is 17.3 Å². The Morgan fingerprint density at radius 3 is 2.47 bits per heavy atom. The summed E-state index contributed by atoms with van der Waals surface area (Å²) in [5, 5.41) is 8.95. The number of hydrogen-bond acceptors (Lipinski definition) is 6. The van der Waals surface area contributed by atoms with Crippen LogP contribution in [-0.2, 0) is 19.5 Å². The molecule has 1 atom stereocenters. The largest absolute Gasteiger partial charge is 0.481 e. The Bertz CT molecular complexity index is 1080. The second-order valence-electron chi connectivity index (χ2n) is 7.67. The highest BCUT2D eigenvalue weighted by Gasteiger charge is 2.18. The zero-order valence-electron chi connectivity index (χ0n) is 18.5. The van der Waals surface area contributed by atoms with E-state index in [2.05, 4.69) is 14.7 Å². The van der Waals surface area contributed by atoms with Crippen molar-refractivity contribution in [2.24, 2.45) is 0 Å². The van der Waals surface area contributed by atoms with E-state index in [0.29, 0.717) is 35.4 Å². The molecule has 2 N–H and O–H groups in total. The number of sulfonamides is 1. The van der Waals surface area contributed by atoms with E-state index in [0.717, 1.165) is 6.26 Å². The molecule has 11 heteroatoms. The number of carboxylic acids is 1. The number of carboxylic acid groups (broad SMARTS) is 1. The summed E-state index contributed by atoms with van der Waals surface area (Å²) in [6, 6.07) is 5.74. The number of aromatic nitrogens is 2. The maximum atomic E-state index is 13.5. The Morgan fingerprint density at radius 2 is 1.94 bits per heavy atom. The fourth-order valence-electron chi connectivity index (χ4n) is 3.11. The van der Waals surface area contributed by atoms with Gasteiger partial charge in [-0.2, -0.15) is 0 Å². The molecule has 0 aliphatic carbocycles. The van der Waals surface area contributed by atoms with Gasteiger partial charge in [-0.15, -0.1) is 0 Å². The van der Waals surface area contributed by atoms with Crippen LogP contribution in [0.1, 0.15) is 50.3 Å². The first kappa shape index (κ1) is 25.5. The Balaban J connectivity index is 2.48. The van der Waals surface area contributed by atoms with Crippen molar-refractivity contribution in [3.63, 3.8) is 0 Å². The average Bonchev–Trinajstić information content (AvgIpc) is 2.69. The van der Waals surface area contributed by atoms with E-state index in [1.165, 1.54) is 20.2 Å². The predicted molar refractivity (Wildman–Crippen MR) is 124 cm³/mol. The number of hydrogen-bond donors (Lipinski definition) is 2. The van der Waals surface area contributed by atoms with E-state index >= 15 is 0 Å². The summed E-state index contributed by atoms with van der Waals surface area (Å²) < 4.78 is 44.4. The number of nitrogens with one attached hydrogen (secondary N) is 1. The monoisotopic (exact) mass is 463 g/mol. The zero-order valence-corrected chi connectivity index (χ0v) is 19.3. The van der Waals surface area contributed by atoms with Gasteiger partial charge in [0, 0.05) is 11.1 Å². The number of halogens is 1. The van der Waals surface area contributed by atoms with Gasteiger partial charge in [-0.3, -0.25) is 9.52 Å². The van der Waals surface area contributed by atoms with E-state index in [1.807, 2.05) is 26.0 Å². The van der Waals surface area contributed by atoms with Gasteiger partial charge in [0.2, 0.25) is 16.0 Å². The highest BCUT2D eigenvalue weighted by atomic mass is 32.2. The van der Waals surface area contributed by atoms with E-state index < -0.39 is 27.9 Å². The van der Waals surface area contributed by atoms with Crippen molar-refractivity contribution in [1.82, 2.24) is 9.97 Å². The summed E-state index contributed by atoms with van der Waals surface area (Å²) >= 11 is 0. The fourth-order valence-corrected chi connectivity index (χ4v) is 3.53. The standard InChI is InChI=1S/C21H27BFN3O5S/c1-13(2)19-17(7-5-4-6-16(31-22)12-18(27)28)20(14-8-10-15(23)11-9-14)25-21(24-19)26-32(3,29)30/h5,7-11,13,16H,4,6,12,22H2,1-3H3,(H,27,28)(H,24,25,26)/b7-5+/t16-/m1/s1. The number of rotatable bonds is 11. The molecule has 0 saturated heterocycles. The lowest BCUT2D eigenvalue weighted by Gasteiger charge is -2.16. The topological polar surface area (TPSA) is 118 Å². The van der Waals surface area contributed by atoms with Gasteiger partial charge in [0.1, 0.15) is 5.82 Å². The van der Waals surface area contributed by atoms with E-state index in [9.17, 15) is 17.6 Å². The molecule has 0 radical (unpaired) electrons. The first-order valence-electron chi connectivity index (χ1n) is 10.1. The number of allylic oxidation sites excluding steroid dienone is 1. The Labute approximate surface area is 188 Å². The molecule has 0 fully saturated rings. The Kier molecular flexibility index (Phi) is 8.91. The second kappa shape index (κ2) is 11.2. The Hall–Kier alpha value is -2.79. The van der Waals surface area contributed by atoms with Crippen LogP contribution in [0, 0.1) is 5.82 Å². The number of benzene rings is 1. The van der Waals surface area contributed by atoms with E-state index in [1.54, 1.807) is 12.1 Å². The lowest BCUT2D eigenvalue weighted by atomic mass is 9.97. The molecule has 0 bridgehead atoms. The summed E-state index contributed by atoms with van der Waals surface area (Å²) in [7, 11) is -2.12. The highest BCUT2D eigenvalue weighted by Crippen LogP contribution is 2.30. The molecule has 0 unspecified atom stereocenters. The third-order valence-corrected chi connectivity index (χ3v) is 5.15. The smallest absolute Gasteiger partial charge is 0.305 e. The van der Waals surface area contributed by atoms with Gasteiger partial charge >= 0.3 is 5.97 Å². The average molecular weight is 463 g/mol. The molecule has 0 amide bonds. The quantitative estimate of drug-likeness (QED) is 0.492. The van der Waals surface area contributed by atoms with Gasteiger partial charge in [-0.05, 0) is 43.0 Å². The van der Waals surface area contributed by atoms with Crippen molar-refractivity contribution in [2.45, 2.75) is 45.1 Å². The number of nitrogens with zero attached hydrogens (tertiary/aromatic N) is 2. The zero-order chi connectivity index (χ0) is 23.9. The van der Waals surface area contributed by atoms with Crippen LogP contribution in [0.15, 0.2) is 30.3 Å². The molecule has 0 saturated carbocycles. The highest BCUT2D eigenvalue weighted by molar-refractivity contribution is 7.91. The maximum absolute atomic E-state index is 13.5. The number of anilines is 1.